The summed E-state index contributed by atoms with van der Waals surface area (Å²) in [7, 11) is 0. The third kappa shape index (κ3) is 4.68. The van der Waals surface area contributed by atoms with Gasteiger partial charge in [0, 0.05) is 42.0 Å². The minimum Gasteiger partial charge on any atom is -0.348 e. The summed E-state index contributed by atoms with van der Waals surface area (Å²) in [5, 5.41) is 11.0. The number of anilines is 1. The Morgan fingerprint density at radius 2 is 1.74 bits per heavy atom. The maximum Gasteiger partial charge on any atom is 0.227 e. The molecule has 0 aliphatic carbocycles. The molecule has 0 radical (unpaired) electrons. The highest BCUT2D eigenvalue weighted by Gasteiger charge is 2.29. The second-order valence-corrected chi connectivity index (χ2v) is 9.14. The number of halogens is 3. The zero-order valence-corrected chi connectivity index (χ0v) is 19.8. The van der Waals surface area contributed by atoms with Crippen LogP contribution in [0.15, 0.2) is 66.7 Å². The van der Waals surface area contributed by atoms with Gasteiger partial charge in [0.25, 0.3) is 0 Å². The fourth-order valence-corrected chi connectivity index (χ4v) is 4.76. The molecule has 1 aromatic heterocycles. The topological polar surface area (TPSA) is 49.3 Å². The molecule has 1 aliphatic rings. The summed E-state index contributed by atoms with van der Waals surface area (Å²) in [6.45, 7) is 3.72. The Balaban J connectivity index is 1.37. The van der Waals surface area contributed by atoms with E-state index in [2.05, 4.69) is 22.0 Å². The van der Waals surface area contributed by atoms with Gasteiger partial charge in [-0.25, -0.2) is 8.78 Å². The van der Waals surface area contributed by atoms with E-state index in [1.54, 1.807) is 18.2 Å². The van der Waals surface area contributed by atoms with E-state index in [0.717, 1.165) is 22.2 Å². The molecule has 0 spiro atoms. The molecule has 0 bridgehead atoms. The Kier molecular flexibility index (Phi) is 6.34. The Morgan fingerprint density at radius 3 is 2.46 bits per heavy atom. The molecule has 178 valence electrons. The molecule has 5 nitrogen and oxygen atoms in total. The number of rotatable bonds is 4. The number of carbonyl (C=O) groups excluding carboxylic acids is 1. The first-order chi connectivity index (χ1) is 16.9. The van der Waals surface area contributed by atoms with Gasteiger partial charge in [-0.2, -0.15) is 0 Å². The Morgan fingerprint density at radius 1 is 1.00 bits per heavy atom. The largest absolute Gasteiger partial charge is 0.348 e. The van der Waals surface area contributed by atoms with Crippen LogP contribution in [0.2, 0.25) is 5.02 Å². The van der Waals surface area contributed by atoms with Crippen molar-refractivity contribution in [3.63, 3.8) is 0 Å². The minimum absolute atomic E-state index is 0.0129. The highest BCUT2D eigenvalue weighted by Crippen LogP contribution is 2.33. The van der Waals surface area contributed by atoms with Crippen LogP contribution in [-0.4, -0.2) is 46.7 Å². The summed E-state index contributed by atoms with van der Waals surface area (Å²) >= 11 is 5.86. The summed E-state index contributed by atoms with van der Waals surface area (Å²) in [6.07, 6.45) is 0.168. The second kappa shape index (κ2) is 9.58. The van der Waals surface area contributed by atoms with E-state index in [1.807, 2.05) is 29.2 Å². The van der Waals surface area contributed by atoms with Gasteiger partial charge >= 0.3 is 0 Å². The number of aromatic nitrogens is 2. The Bertz CT molecular complexity index is 1400. The van der Waals surface area contributed by atoms with Crippen LogP contribution in [0.25, 0.3) is 22.0 Å². The van der Waals surface area contributed by atoms with Crippen LogP contribution in [-0.2, 0) is 11.2 Å². The molecular formula is C27H23ClF2N4O. The quantitative estimate of drug-likeness (QED) is 0.377. The van der Waals surface area contributed by atoms with Gasteiger partial charge in [-0.1, -0.05) is 41.9 Å². The fraction of sp³-hybridized carbons (Fsp3) is 0.222. The van der Waals surface area contributed by atoms with Gasteiger partial charge in [-0.3, -0.25) is 4.79 Å². The smallest absolute Gasteiger partial charge is 0.227 e. The number of hydrogen-bond donors (Lipinski definition) is 0. The summed E-state index contributed by atoms with van der Waals surface area (Å²) in [5.74, 6) is -0.0616. The van der Waals surface area contributed by atoms with Gasteiger partial charge in [0.1, 0.15) is 17.3 Å². The first-order valence-corrected chi connectivity index (χ1v) is 11.8. The molecule has 1 saturated heterocycles. The second-order valence-electron chi connectivity index (χ2n) is 8.73. The van der Waals surface area contributed by atoms with Gasteiger partial charge in [0.2, 0.25) is 5.91 Å². The van der Waals surface area contributed by atoms with Gasteiger partial charge in [-0.05, 0) is 48.9 Å². The number of piperazine rings is 1. The standard InChI is InChI=1S/C27H23ClF2N4O/c1-17-16-33(25(35)15-18-6-11-24(30)23(28)14-18)12-13-34(17)27-22-5-3-2-4-21(22)26(31-32-27)19-7-9-20(29)10-8-19/h2-11,14,17H,12-13,15-16H2,1H3/t17-/m0/s1. The third-order valence-electron chi connectivity index (χ3n) is 6.38. The van der Waals surface area contributed by atoms with E-state index < -0.39 is 5.82 Å². The number of carbonyl (C=O) groups is 1. The molecule has 1 aliphatic heterocycles. The van der Waals surface area contributed by atoms with Crippen molar-refractivity contribution >= 4 is 34.1 Å². The zero-order chi connectivity index (χ0) is 24.5. The molecule has 4 aromatic rings. The maximum absolute atomic E-state index is 13.4. The van der Waals surface area contributed by atoms with Crippen LogP contribution in [0.1, 0.15) is 12.5 Å². The van der Waals surface area contributed by atoms with Gasteiger partial charge in [-0.15, -0.1) is 10.2 Å². The van der Waals surface area contributed by atoms with Crippen molar-refractivity contribution in [2.45, 2.75) is 19.4 Å². The molecule has 0 N–H and O–H groups in total. The zero-order valence-electron chi connectivity index (χ0n) is 19.1. The van der Waals surface area contributed by atoms with E-state index in [1.165, 1.54) is 24.3 Å². The molecule has 5 rings (SSSR count). The van der Waals surface area contributed by atoms with Gasteiger partial charge < -0.3 is 9.80 Å². The van der Waals surface area contributed by atoms with Crippen molar-refractivity contribution in [1.82, 2.24) is 15.1 Å². The van der Waals surface area contributed by atoms with E-state index in [0.29, 0.717) is 30.9 Å². The number of nitrogens with zero attached hydrogens (tertiary/aromatic N) is 4. The maximum atomic E-state index is 13.4. The number of amides is 1. The summed E-state index contributed by atoms with van der Waals surface area (Å²) in [6, 6.07) is 18.5. The molecule has 35 heavy (non-hydrogen) atoms. The fourth-order valence-electron chi connectivity index (χ4n) is 4.56. The van der Waals surface area contributed by atoms with Crippen molar-refractivity contribution in [2.75, 3.05) is 24.5 Å². The van der Waals surface area contributed by atoms with Crippen molar-refractivity contribution in [3.05, 3.63) is 89.0 Å². The SMILES string of the molecule is C[C@H]1CN(C(=O)Cc2ccc(F)c(Cl)c2)CCN1c1nnc(-c2ccc(F)cc2)c2ccccc12. The van der Waals surface area contributed by atoms with Crippen LogP contribution in [0.4, 0.5) is 14.6 Å². The third-order valence-corrected chi connectivity index (χ3v) is 6.67. The molecule has 1 amide bonds. The Hall–Kier alpha value is -3.58. The predicted octanol–water partition coefficient (Wildman–Crippen LogP) is 5.51. The highest BCUT2D eigenvalue weighted by atomic mass is 35.5. The van der Waals surface area contributed by atoms with Crippen molar-refractivity contribution < 1.29 is 13.6 Å². The molecule has 3 aromatic carbocycles. The number of fused-ring (bicyclic) bond motifs is 1. The highest BCUT2D eigenvalue weighted by molar-refractivity contribution is 6.30. The monoisotopic (exact) mass is 492 g/mol. The lowest BCUT2D eigenvalue weighted by Gasteiger charge is -2.40. The summed E-state index contributed by atoms with van der Waals surface area (Å²) in [4.78, 5) is 16.9. The molecule has 0 saturated carbocycles. The lowest BCUT2D eigenvalue weighted by atomic mass is 10.0. The predicted molar refractivity (Wildman–Crippen MR) is 133 cm³/mol. The first kappa shape index (κ1) is 23.2. The van der Waals surface area contributed by atoms with Gasteiger partial charge in [0.05, 0.1) is 11.4 Å². The normalized spacial score (nSPS) is 16.1. The molecule has 0 unspecified atom stereocenters. The molecule has 8 heteroatoms. The van der Waals surface area contributed by atoms with Crippen LogP contribution in [0.3, 0.4) is 0 Å². The summed E-state index contributed by atoms with van der Waals surface area (Å²) in [5.41, 5.74) is 2.18. The van der Waals surface area contributed by atoms with Crippen molar-refractivity contribution in [2.24, 2.45) is 0 Å². The van der Waals surface area contributed by atoms with E-state index >= 15 is 0 Å². The number of benzene rings is 3. The van der Waals surface area contributed by atoms with Crippen LogP contribution < -0.4 is 4.90 Å². The average Bonchev–Trinajstić information content (AvgIpc) is 2.86. The van der Waals surface area contributed by atoms with E-state index in [4.69, 9.17) is 11.6 Å². The lowest BCUT2D eigenvalue weighted by molar-refractivity contribution is -0.131. The van der Waals surface area contributed by atoms with Gasteiger partial charge in [0.15, 0.2) is 5.82 Å². The molecule has 1 atom stereocenters. The average molecular weight is 493 g/mol. The van der Waals surface area contributed by atoms with Crippen LogP contribution in [0.5, 0.6) is 0 Å². The lowest BCUT2D eigenvalue weighted by Crippen LogP contribution is -2.54. The number of hydrogen-bond acceptors (Lipinski definition) is 4. The van der Waals surface area contributed by atoms with Crippen molar-refractivity contribution in [1.29, 1.82) is 0 Å². The van der Waals surface area contributed by atoms with Crippen molar-refractivity contribution in [3.8, 4) is 11.3 Å². The van der Waals surface area contributed by atoms with E-state index in [-0.39, 0.29) is 29.2 Å². The first-order valence-electron chi connectivity index (χ1n) is 11.4. The van der Waals surface area contributed by atoms with Crippen LogP contribution >= 0.6 is 11.6 Å². The van der Waals surface area contributed by atoms with E-state index in [9.17, 15) is 13.6 Å². The minimum atomic E-state index is -0.496. The molecule has 1 fully saturated rings. The van der Waals surface area contributed by atoms with Crippen LogP contribution in [0, 0.1) is 11.6 Å². The summed E-state index contributed by atoms with van der Waals surface area (Å²) < 4.78 is 26.9. The molecule has 2 heterocycles. The molecular weight excluding hydrogens is 470 g/mol. The Labute approximate surface area is 206 Å².